The van der Waals surface area contributed by atoms with Gasteiger partial charge < -0.3 is 5.32 Å². The zero-order valence-electron chi connectivity index (χ0n) is 15.6. The van der Waals surface area contributed by atoms with Crippen molar-refractivity contribution in [2.75, 3.05) is 11.6 Å². The van der Waals surface area contributed by atoms with E-state index in [1.165, 1.54) is 34.6 Å². The van der Waals surface area contributed by atoms with E-state index in [0.29, 0.717) is 17.1 Å². The molecule has 0 radical (unpaired) electrons. The molecule has 4 rings (SSSR count). The van der Waals surface area contributed by atoms with Gasteiger partial charge >= 0.3 is 0 Å². The molecule has 4 aromatic rings. The van der Waals surface area contributed by atoms with Gasteiger partial charge in [-0.2, -0.15) is 4.68 Å². The standard InChI is InChI=1S/C19H16FN7OS/c1-12-23-24-25-27(12)15-6-7-16(20)17(11-15)22-18(28)13-4-3-5-14(10-13)26-9-8-21-19(26)29-2/h3-11H,1-2H3,(H,22,28). The maximum atomic E-state index is 14.3. The maximum Gasteiger partial charge on any atom is 0.255 e. The molecule has 2 heterocycles. The fraction of sp³-hybridized carbons (Fsp3) is 0.105. The first-order valence-electron chi connectivity index (χ1n) is 8.61. The molecule has 8 nitrogen and oxygen atoms in total. The number of carbonyl (C=O) groups excluding carboxylic acids is 1. The third-order valence-electron chi connectivity index (χ3n) is 4.24. The Hall–Kier alpha value is -3.53. The number of rotatable bonds is 5. The van der Waals surface area contributed by atoms with Crippen LogP contribution < -0.4 is 5.32 Å². The number of thioether (sulfide) groups is 1. The average Bonchev–Trinajstić information content (AvgIpc) is 3.38. The number of nitrogens with zero attached hydrogens (tertiary/aromatic N) is 6. The number of hydrogen-bond acceptors (Lipinski definition) is 6. The Morgan fingerprint density at radius 1 is 1.17 bits per heavy atom. The number of aryl methyl sites for hydroxylation is 1. The second-order valence-corrected chi connectivity index (χ2v) is 6.86. The van der Waals surface area contributed by atoms with Gasteiger partial charge in [0.15, 0.2) is 11.0 Å². The van der Waals surface area contributed by atoms with E-state index < -0.39 is 11.7 Å². The first-order valence-corrected chi connectivity index (χ1v) is 9.83. The molecular weight excluding hydrogens is 393 g/mol. The van der Waals surface area contributed by atoms with Crippen molar-refractivity contribution in [1.29, 1.82) is 0 Å². The molecule has 0 saturated carbocycles. The summed E-state index contributed by atoms with van der Waals surface area (Å²) in [6.07, 6.45) is 5.44. The first-order chi connectivity index (χ1) is 14.1. The number of carbonyl (C=O) groups is 1. The molecule has 0 spiro atoms. The highest BCUT2D eigenvalue weighted by atomic mass is 32.2. The van der Waals surface area contributed by atoms with E-state index in [0.717, 1.165) is 10.8 Å². The van der Waals surface area contributed by atoms with Gasteiger partial charge in [0.05, 0.1) is 11.4 Å². The highest BCUT2D eigenvalue weighted by Gasteiger charge is 2.14. The zero-order chi connectivity index (χ0) is 20.4. The van der Waals surface area contributed by atoms with Gasteiger partial charge in [-0.3, -0.25) is 9.36 Å². The molecule has 0 fully saturated rings. The number of aromatic nitrogens is 6. The quantitative estimate of drug-likeness (QED) is 0.509. The van der Waals surface area contributed by atoms with Crippen molar-refractivity contribution in [3.8, 4) is 11.4 Å². The van der Waals surface area contributed by atoms with Crippen molar-refractivity contribution >= 4 is 23.4 Å². The predicted molar refractivity (Wildman–Crippen MR) is 107 cm³/mol. The summed E-state index contributed by atoms with van der Waals surface area (Å²) in [5.41, 5.74) is 1.77. The number of amides is 1. The lowest BCUT2D eigenvalue weighted by atomic mass is 10.1. The lowest BCUT2D eigenvalue weighted by Gasteiger charge is -2.11. The molecule has 1 N–H and O–H groups in total. The number of hydrogen-bond donors (Lipinski definition) is 1. The Kier molecular flexibility index (Phi) is 5.09. The SMILES string of the molecule is CSc1nccn1-c1cccc(C(=O)Nc2cc(-n3nnnc3C)ccc2F)c1. The van der Waals surface area contributed by atoms with Crippen LogP contribution in [0.1, 0.15) is 16.2 Å². The highest BCUT2D eigenvalue weighted by molar-refractivity contribution is 7.98. The Morgan fingerprint density at radius 2 is 2.03 bits per heavy atom. The van der Waals surface area contributed by atoms with Crippen LogP contribution in [0.3, 0.4) is 0 Å². The van der Waals surface area contributed by atoms with E-state index in [1.54, 1.807) is 31.3 Å². The van der Waals surface area contributed by atoms with Crippen molar-refractivity contribution in [1.82, 2.24) is 29.8 Å². The maximum absolute atomic E-state index is 14.3. The molecule has 10 heteroatoms. The summed E-state index contributed by atoms with van der Waals surface area (Å²) in [4.78, 5) is 17.0. The molecule has 0 aliphatic heterocycles. The summed E-state index contributed by atoms with van der Waals surface area (Å²) in [5.74, 6) is -0.433. The van der Waals surface area contributed by atoms with Crippen LogP contribution in [-0.2, 0) is 0 Å². The third-order valence-corrected chi connectivity index (χ3v) is 4.91. The molecule has 0 aliphatic carbocycles. The number of benzene rings is 2. The van der Waals surface area contributed by atoms with E-state index in [9.17, 15) is 9.18 Å². The molecule has 146 valence electrons. The van der Waals surface area contributed by atoms with Gasteiger partial charge in [0.2, 0.25) is 0 Å². The minimum absolute atomic E-state index is 0.0419. The van der Waals surface area contributed by atoms with E-state index in [1.807, 2.05) is 23.1 Å². The van der Waals surface area contributed by atoms with Gasteiger partial charge in [0, 0.05) is 23.6 Å². The highest BCUT2D eigenvalue weighted by Crippen LogP contribution is 2.22. The molecular formula is C19H16FN7OS. The Labute approximate surface area is 169 Å². The summed E-state index contributed by atoms with van der Waals surface area (Å²) in [7, 11) is 0. The second kappa shape index (κ2) is 7.84. The average molecular weight is 409 g/mol. The number of nitrogens with one attached hydrogen (secondary N) is 1. The molecule has 2 aromatic heterocycles. The number of tetrazole rings is 1. The molecule has 0 aliphatic rings. The molecule has 0 unspecified atom stereocenters. The second-order valence-electron chi connectivity index (χ2n) is 6.09. The van der Waals surface area contributed by atoms with Gasteiger partial charge in [-0.05, 0) is 60.0 Å². The van der Waals surface area contributed by atoms with E-state index >= 15 is 0 Å². The van der Waals surface area contributed by atoms with Crippen molar-refractivity contribution in [3.63, 3.8) is 0 Å². The smallest absolute Gasteiger partial charge is 0.255 e. The van der Waals surface area contributed by atoms with Crippen LogP contribution in [0.2, 0.25) is 0 Å². The van der Waals surface area contributed by atoms with Gasteiger partial charge in [0.1, 0.15) is 5.82 Å². The van der Waals surface area contributed by atoms with Crippen LogP contribution >= 0.6 is 11.8 Å². The van der Waals surface area contributed by atoms with Gasteiger partial charge in [-0.1, -0.05) is 17.8 Å². The van der Waals surface area contributed by atoms with E-state index in [-0.39, 0.29) is 5.69 Å². The minimum Gasteiger partial charge on any atom is -0.319 e. The lowest BCUT2D eigenvalue weighted by molar-refractivity contribution is 0.102. The lowest BCUT2D eigenvalue weighted by Crippen LogP contribution is -2.14. The largest absolute Gasteiger partial charge is 0.319 e. The molecule has 1 amide bonds. The summed E-state index contributed by atoms with van der Waals surface area (Å²) < 4.78 is 17.6. The van der Waals surface area contributed by atoms with Gasteiger partial charge in [-0.25, -0.2) is 9.37 Å². The van der Waals surface area contributed by atoms with E-state index in [4.69, 9.17) is 0 Å². The molecule has 2 aromatic carbocycles. The summed E-state index contributed by atoms with van der Waals surface area (Å²) in [6, 6.07) is 11.3. The number of anilines is 1. The Bertz CT molecular complexity index is 1190. The zero-order valence-corrected chi connectivity index (χ0v) is 16.4. The van der Waals surface area contributed by atoms with Crippen molar-refractivity contribution in [2.45, 2.75) is 12.1 Å². The van der Waals surface area contributed by atoms with Gasteiger partial charge in [0.25, 0.3) is 5.91 Å². The molecule has 0 bridgehead atoms. The summed E-state index contributed by atoms with van der Waals surface area (Å²) in [5, 5.41) is 14.7. The normalized spacial score (nSPS) is 10.9. The monoisotopic (exact) mass is 409 g/mol. The Balaban J connectivity index is 1.62. The first kappa shape index (κ1) is 18.8. The van der Waals surface area contributed by atoms with Crippen LogP contribution in [0.4, 0.5) is 10.1 Å². The van der Waals surface area contributed by atoms with Crippen LogP contribution in [0.25, 0.3) is 11.4 Å². The molecule has 29 heavy (non-hydrogen) atoms. The summed E-state index contributed by atoms with van der Waals surface area (Å²) in [6.45, 7) is 1.73. The topological polar surface area (TPSA) is 90.5 Å². The van der Waals surface area contributed by atoms with Crippen molar-refractivity contribution in [3.05, 3.63) is 72.1 Å². The van der Waals surface area contributed by atoms with Crippen LogP contribution in [0, 0.1) is 12.7 Å². The van der Waals surface area contributed by atoms with Crippen molar-refractivity contribution in [2.24, 2.45) is 0 Å². The van der Waals surface area contributed by atoms with Crippen LogP contribution in [0.5, 0.6) is 0 Å². The van der Waals surface area contributed by atoms with Crippen LogP contribution in [0.15, 0.2) is 60.0 Å². The van der Waals surface area contributed by atoms with Crippen molar-refractivity contribution < 1.29 is 9.18 Å². The Morgan fingerprint density at radius 3 is 2.79 bits per heavy atom. The van der Waals surface area contributed by atoms with E-state index in [2.05, 4.69) is 25.8 Å². The minimum atomic E-state index is -0.553. The molecule has 0 saturated heterocycles. The predicted octanol–water partition coefficient (Wildman–Crippen LogP) is 3.27. The van der Waals surface area contributed by atoms with Gasteiger partial charge in [-0.15, -0.1) is 5.10 Å². The van der Waals surface area contributed by atoms with Crippen LogP contribution in [-0.4, -0.2) is 41.9 Å². The number of halogens is 1. The fourth-order valence-corrected chi connectivity index (χ4v) is 3.37. The fourth-order valence-electron chi connectivity index (χ4n) is 2.84. The molecule has 0 atom stereocenters. The summed E-state index contributed by atoms with van der Waals surface area (Å²) >= 11 is 1.50. The third kappa shape index (κ3) is 3.74. The number of imidazole rings is 1.